The summed E-state index contributed by atoms with van der Waals surface area (Å²) < 4.78 is 51.7. The van der Waals surface area contributed by atoms with Crippen molar-refractivity contribution in [3.8, 4) is 11.5 Å². The van der Waals surface area contributed by atoms with Gasteiger partial charge in [0.05, 0.1) is 31.3 Å². The van der Waals surface area contributed by atoms with E-state index in [4.69, 9.17) is 21.1 Å². The van der Waals surface area contributed by atoms with Gasteiger partial charge < -0.3 is 9.47 Å². The molecule has 0 atom stereocenters. The summed E-state index contributed by atoms with van der Waals surface area (Å²) in [6, 6.07) is 16.4. The first kappa shape index (κ1) is 21.0. The van der Waals surface area contributed by atoms with Gasteiger partial charge in [-0.3, -0.25) is 4.31 Å². The maximum atomic E-state index is 13.3. The second-order valence-electron chi connectivity index (χ2n) is 6.13. The molecular weight excluding hydrogens is 417 g/mol. The quantitative estimate of drug-likeness (QED) is 0.530. The first-order valence-electron chi connectivity index (χ1n) is 8.60. The minimum absolute atomic E-state index is 0.0143. The molecule has 152 valence electrons. The van der Waals surface area contributed by atoms with Crippen LogP contribution in [0.4, 0.5) is 10.1 Å². The van der Waals surface area contributed by atoms with Crippen molar-refractivity contribution in [1.29, 1.82) is 0 Å². The van der Waals surface area contributed by atoms with Crippen molar-refractivity contribution in [3.63, 3.8) is 0 Å². The zero-order valence-electron chi connectivity index (χ0n) is 15.8. The Morgan fingerprint density at radius 3 is 2.24 bits per heavy atom. The standard InChI is InChI=1S/C21H19ClFNO4S/c1-27-20-11-6-15(12-21(20)28-2)14-24(18-5-3-4-16(22)13-18)29(25,26)19-9-7-17(23)8-10-19/h3-13H,14H2,1-2H3. The third-order valence-electron chi connectivity index (χ3n) is 4.27. The molecule has 0 saturated heterocycles. The van der Waals surface area contributed by atoms with Crippen molar-refractivity contribution in [2.75, 3.05) is 18.5 Å². The van der Waals surface area contributed by atoms with Crippen LogP contribution < -0.4 is 13.8 Å². The minimum Gasteiger partial charge on any atom is -0.493 e. The van der Waals surface area contributed by atoms with Crippen molar-refractivity contribution < 1.29 is 22.3 Å². The Bertz CT molecular complexity index is 1100. The zero-order chi connectivity index (χ0) is 21.0. The van der Waals surface area contributed by atoms with E-state index in [1.807, 2.05) is 0 Å². The minimum atomic E-state index is -3.99. The van der Waals surface area contributed by atoms with Crippen LogP contribution >= 0.6 is 11.6 Å². The Hall–Kier alpha value is -2.77. The van der Waals surface area contributed by atoms with Crippen molar-refractivity contribution in [1.82, 2.24) is 0 Å². The summed E-state index contributed by atoms with van der Waals surface area (Å²) in [4.78, 5) is -0.0284. The lowest BCUT2D eigenvalue weighted by Gasteiger charge is -2.25. The fourth-order valence-electron chi connectivity index (χ4n) is 2.82. The normalized spacial score (nSPS) is 11.2. The van der Waals surface area contributed by atoms with E-state index in [-0.39, 0.29) is 11.4 Å². The number of ether oxygens (including phenoxy) is 2. The topological polar surface area (TPSA) is 55.8 Å². The molecule has 0 bridgehead atoms. The average Bonchev–Trinajstić information content (AvgIpc) is 2.72. The van der Waals surface area contributed by atoms with Crippen LogP contribution in [0.15, 0.2) is 71.6 Å². The van der Waals surface area contributed by atoms with Gasteiger partial charge in [-0.2, -0.15) is 0 Å². The summed E-state index contributed by atoms with van der Waals surface area (Å²) >= 11 is 6.09. The van der Waals surface area contributed by atoms with E-state index in [9.17, 15) is 12.8 Å². The highest BCUT2D eigenvalue weighted by Gasteiger charge is 2.26. The molecule has 0 saturated carbocycles. The summed E-state index contributed by atoms with van der Waals surface area (Å²) in [5, 5.41) is 0.397. The van der Waals surface area contributed by atoms with Crippen LogP contribution in [0.25, 0.3) is 0 Å². The lowest BCUT2D eigenvalue weighted by atomic mass is 10.2. The summed E-state index contributed by atoms with van der Waals surface area (Å²) in [6.45, 7) is 0.0143. The van der Waals surface area contributed by atoms with Gasteiger partial charge in [0.1, 0.15) is 5.82 Å². The Labute approximate surface area is 174 Å². The third-order valence-corrected chi connectivity index (χ3v) is 6.30. The fourth-order valence-corrected chi connectivity index (χ4v) is 4.45. The molecule has 0 aliphatic carbocycles. The lowest BCUT2D eigenvalue weighted by Crippen LogP contribution is -2.30. The van der Waals surface area contributed by atoms with Crippen LogP contribution in [0.3, 0.4) is 0 Å². The number of anilines is 1. The van der Waals surface area contributed by atoms with E-state index < -0.39 is 15.8 Å². The molecule has 5 nitrogen and oxygen atoms in total. The maximum Gasteiger partial charge on any atom is 0.264 e. The predicted octanol–water partition coefficient (Wildman–Crippen LogP) is 4.89. The fraction of sp³-hybridized carbons (Fsp3) is 0.143. The number of halogens is 2. The van der Waals surface area contributed by atoms with Gasteiger partial charge >= 0.3 is 0 Å². The van der Waals surface area contributed by atoms with Gasteiger partial charge in [-0.25, -0.2) is 12.8 Å². The highest BCUT2D eigenvalue weighted by Crippen LogP contribution is 2.32. The molecule has 0 aliphatic rings. The largest absolute Gasteiger partial charge is 0.493 e. The molecule has 0 aromatic heterocycles. The lowest BCUT2D eigenvalue weighted by molar-refractivity contribution is 0.354. The van der Waals surface area contributed by atoms with Crippen molar-refractivity contribution >= 4 is 27.3 Å². The summed E-state index contributed by atoms with van der Waals surface area (Å²) in [5.41, 5.74) is 1.06. The third kappa shape index (κ3) is 4.63. The number of benzene rings is 3. The van der Waals surface area contributed by atoms with Crippen LogP contribution in [0.1, 0.15) is 5.56 Å². The molecule has 0 fully saturated rings. The molecule has 0 amide bonds. The molecule has 0 heterocycles. The van der Waals surface area contributed by atoms with Crippen LogP contribution in [0, 0.1) is 5.82 Å². The molecule has 0 N–H and O–H groups in total. The number of sulfonamides is 1. The van der Waals surface area contributed by atoms with Gasteiger partial charge in [0, 0.05) is 5.02 Å². The molecule has 3 aromatic rings. The zero-order valence-corrected chi connectivity index (χ0v) is 17.4. The molecular formula is C21H19ClFNO4S. The van der Waals surface area contributed by atoms with E-state index in [1.165, 1.54) is 30.7 Å². The highest BCUT2D eigenvalue weighted by atomic mass is 35.5. The Morgan fingerprint density at radius 2 is 1.62 bits per heavy atom. The van der Waals surface area contributed by atoms with Gasteiger partial charge in [-0.05, 0) is 60.2 Å². The molecule has 0 radical (unpaired) electrons. The molecule has 0 spiro atoms. The molecule has 3 rings (SSSR count). The number of hydrogen-bond donors (Lipinski definition) is 0. The van der Waals surface area contributed by atoms with E-state index in [2.05, 4.69) is 0 Å². The first-order valence-corrected chi connectivity index (χ1v) is 10.4. The van der Waals surface area contributed by atoms with Gasteiger partial charge in [-0.1, -0.05) is 23.7 Å². The Balaban J connectivity index is 2.08. The van der Waals surface area contributed by atoms with Crippen molar-refractivity contribution in [3.05, 3.63) is 83.1 Å². The number of methoxy groups -OCH3 is 2. The van der Waals surface area contributed by atoms with Gasteiger partial charge in [0.15, 0.2) is 11.5 Å². The van der Waals surface area contributed by atoms with E-state index in [0.717, 1.165) is 12.1 Å². The number of hydrogen-bond acceptors (Lipinski definition) is 4. The number of rotatable bonds is 7. The summed E-state index contributed by atoms with van der Waals surface area (Å²) in [7, 11) is -0.957. The van der Waals surface area contributed by atoms with Crippen LogP contribution in [0.2, 0.25) is 5.02 Å². The average molecular weight is 436 g/mol. The molecule has 3 aromatic carbocycles. The molecule has 29 heavy (non-hydrogen) atoms. The van der Waals surface area contributed by atoms with Gasteiger partial charge in [0.2, 0.25) is 0 Å². The summed E-state index contributed by atoms with van der Waals surface area (Å²) in [6.07, 6.45) is 0. The highest BCUT2D eigenvalue weighted by molar-refractivity contribution is 7.92. The molecule has 8 heteroatoms. The van der Waals surface area contributed by atoms with Crippen LogP contribution in [-0.2, 0) is 16.6 Å². The van der Waals surface area contributed by atoms with Crippen molar-refractivity contribution in [2.45, 2.75) is 11.4 Å². The number of nitrogens with zero attached hydrogens (tertiary/aromatic N) is 1. The Kier molecular flexibility index (Phi) is 6.30. The first-order chi connectivity index (χ1) is 13.8. The van der Waals surface area contributed by atoms with E-state index >= 15 is 0 Å². The van der Waals surface area contributed by atoms with E-state index in [1.54, 1.807) is 42.5 Å². The van der Waals surface area contributed by atoms with Gasteiger partial charge in [-0.15, -0.1) is 0 Å². The SMILES string of the molecule is COc1ccc(CN(c2cccc(Cl)c2)S(=O)(=O)c2ccc(F)cc2)cc1OC. The van der Waals surface area contributed by atoms with Crippen LogP contribution in [-0.4, -0.2) is 22.6 Å². The van der Waals surface area contributed by atoms with Crippen molar-refractivity contribution in [2.24, 2.45) is 0 Å². The molecule has 0 unspecified atom stereocenters. The smallest absolute Gasteiger partial charge is 0.264 e. The second kappa shape index (κ2) is 8.71. The van der Waals surface area contributed by atoms with E-state index in [0.29, 0.717) is 27.8 Å². The summed E-state index contributed by atoms with van der Waals surface area (Å²) in [5.74, 6) is 0.500. The Morgan fingerprint density at radius 1 is 0.931 bits per heavy atom. The molecule has 0 aliphatic heterocycles. The predicted molar refractivity (Wildman–Crippen MR) is 111 cm³/mol. The monoisotopic (exact) mass is 435 g/mol. The van der Waals surface area contributed by atoms with Gasteiger partial charge in [0.25, 0.3) is 10.0 Å². The maximum absolute atomic E-state index is 13.3. The second-order valence-corrected chi connectivity index (χ2v) is 8.43. The van der Waals surface area contributed by atoms with Crippen LogP contribution in [0.5, 0.6) is 11.5 Å².